The fourth-order valence-corrected chi connectivity index (χ4v) is 2.95. The molecule has 2 rings (SSSR count). The Morgan fingerprint density at radius 1 is 1.23 bits per heavy atom. The lowest BCUT2D eigenvalue weighted by atomic mass is 10.1. The molecule has 6 heteroatoms. The number of hydrogen-bond donors (Lipinski definition) is 1. The summed E-state index contributed by atoms with van der Waals surface area (Å²) in [6.45, 7) is 4.70. The first-order valence-electron chi connectivity index (χ1n) is 9.10. The number of nitrogens with one attached hydrogen (secondary N) is 1. The summed E-state index contributed by atoms with van der Waals surface area (Å²) in [5.74, 6) is -0.491. The molecule has 0 aromatic heterocycles. The number of carbonyl (C=O) groups excluding carboxylic acids is 3. The molecule has 0 spiro atoms. The van der Waals surface area contributed by atoms with E-state index in [0.717, 1.165) is 18.4 Å². The topological polar surface area (TPSA) is 75.7 Å². The molecule has 1 heterocycles. The Kier molecular flexibility index (Phi) is 7.38. The molecule has 140 valence electrons. The van der Waals surface area contributed by atoms with Gasteiger partial charge in [-0.1, -0.05) is 19.1 Å². The van der Waals surface area contributed by atoms with Crippen molar-refractivity contribution in [3.8, 4) is 0 Å². The van der Waals surface area contributed by atoms with E-state index in [1.54, 1.807) is 42.2 Å². The van der Waals surface area contributed by atoms with Crippen LogP contribution in [0.3, 0.4) is 0 Å². The third-order valence-corrected chi connectivity index (χ3v) is 4.22. The maximum atomic E-state index is 12.5. The molecule has 0 radical (unpaired) electrons. The lowest BCUT2D eigenvalue weighted by Crippen LogP contribution is -2.43. The molecule has 0 aliphatic carbocycles. The van der Waals surface area contributed by atoms with Crippen molar-refractivity contribution < 1.29 is 19.1 Å². The first kappa shape index (κ1) is 19.7. The van der Waals surface area contributed by atoms with Crippen LogP contribution in [0.25, 0.3) is 6.08 Å². The van der Waals surface area contributed by atoms with Gasteiger partial charge in [-0.15, -0.1) is 0 Å². The minimum atomic E-state index is -0.391. The summed E-state index contributed by atoms with van der Waals surface area (Å²) in [4.78, 5) is 37.7. The maximum absolute atomic E-state index is 12.5. The van der Waals surface area contributed by atoms with Crippen molar-refractivity contribution in [3.63, 3.8) is 0 Å². The van der Waals surface area contributed by atoms with Gasteiger partial charge in [0.25, 0.3) is 0 Å². The van der Waals surface area contributed by atoms with Gasteiger partial charge in [-0.25, -0.2) is 4.79 Å². The standard InChI is InChI=1S/C20H26N2O4/c1-3-6-18(23)22-14-5-7-17(22)20(25)21-16-11-8-15(9-12-16)10-13-19(24)26-4-2/h8-13,17H,3-7,14H2,1-2H3,(H,21,25)/b13-10+. The largest absolute Gasteiger partial charge is 0.463 e. The van der Waals surface area contributed by atoms with Crippen LogP contribution in [-0.4, -0.2) is 41.9 Å². The quantitative estimate of drug-likeness (QED) is 0.600. The molecule has 1 aromatic carbocycles. The Morgan fingerprint density at radius 3 is 2.62 bits per heavy atom. The summed E-state index contributed by atoms with van der Waals surface area (Å²) in [5.41, 5.74) is 1.50. The predicted octanol–water partition coefficient (Wildman–Crippen LogP) is 2.99. The highest BCUT2D eigenvalue weighted by molar-refractivity contribution is 5.97. The van der Waals surface area contributed by atoms with Gasteiger partial charge >= 0.3 is 5.97 Å². The van der Waals surface area contributed by atoms with Crippen molar-refractivity contribution in [2.45, 2.75) is 45.6 Å². The Bertz CT molecular complexity index is 667. The zero-order chi connectivity index (χ0) is 18.9. The van der Waals surface area contributed by atoms with Gasteiger partial charge < -0.3 is 15.0 Å². The highest BCUT2D eigenvalue weighted by atomic mass is 16.5. The lowest BCUT2D eigenvalue weighted by Gasteiger charge is -2.23. The molecule has 1 fully saturated rings. The highest BCUT2D eigenvalue weighted by Gasteiger charge is 2.33. The molecule has 1 aliphatic rings. The predicted molar refractivity (Wildman–Crippen MR) is 100 cm³/mol. The van der Waals surface area contributed by atoms with Crippen molar-refractivity contribution >= 4 is 29.5 Å². The van der Waals surface area contributed by atoms with Crippen LogP contribution in [0.4, 0.5) is 5.69 Å². The zero-order valence-corrected chi connectivity index (χ0v) is 15.4. The van der Waals surface area contributed by atoms with Gasteiger partial charge in [0.15, 0.2) is 0 Å². The molecule has 1 aliphatic heterocycles. The van der Waals surface area contributed by atoms with Crippen LogP contribution in [0, 0.1) is 0 Å². The van der Waals surface area contributed by atoms with E-state index in [1.165, 1.54) is 6.08 Å². The van der Waals surface area contributed by atoms with Crippen molar-refractivity contribution in [2.24, 2.45) is 0 Å². The highest BCUT2D eigenvalue weighted by Crippen LogP contribution is 2.21. The number of ether oxygens (including phenoxy) is 1. The van der Waals surface area contributed by atoms with E-state index >= 15 is 0 Å². The van der Waals surface area contributed by atoms with E-state index in [1.807, 2.05) is 6.92 Å². The molecule has 1 atom stereocenters. The molecule has 0 bridgehead atoms. The van der Waals surface area contributed by atoms with Crippen molar-refractivity contribution in [3.05, 3.63) is 35.9 Å². The Morgan fingerprint density at radius 2 is 1.96 bits per heavy atom. The number of nitrogens with zero attached hydrogens (tertiary/aromatic N) is 1. The van der Waals surface area contributed by atoms with Gasteiger partial charge in [-0.2, -0.15) is 0 Å². The second-order valence-corrected chi connectivity index (χ2v) is 6.19. The normalized spacial score (nSPS) is 16.7. The Hall–Kier alpha value is -2.63. The lowest BCUT2D eigenvalue weighted by molar-refractivity contribution is -0.137. The van der Waals surface area contributed by atoms with Crippen LogP contribution >= 0.6 is 0 Å². The van der Waals surface area contributed by atoms with Crippen LogP contribution in [0.5, 0.6) is 0 Å². The zero-order valence-electron chi connectivity index (χ0n) is 15.4. The van der Waals surface area contributed by atoms with Crippen molar-refractivity contribution in [2.75, 3.05) is 18.5 Å². The molecular formula is C20H26N2O4. The summed E-state index contributed by atoms with van der Waals surface area (Å²) in [6, 6.07) is 6.77. The number of rotatable bonds is 7. The minimum absolute atomic E-state index is 0.0459. The average molecular weight is 358 g/mol. The number of carbonyl (C=O) groups is 3. The Balaban J connectivity index is 1.94. The smallest absolute Gasteiger partial charge is 0.330 e. The molecule has 1 aromatic rings. The van der Waals surface area contributed by atoms with Crippen LogP contribution in [0.1, 0.15) is 45.1 Å². The first-order valence-corrected chi connectivity index (χ1v) is 9.10. The molecule has 1 unspecified atom stereocenters. The molecular weight excluding hydrogens is 332 g/mol. The van der Waals surface area contributed by atoms with Crippen LogP contribution in [0.2, 0.25) is 0 Å². The molecule has 6 nitrogen and oxygen atoms in total. The van der Waals surface area contributed by atoms with Crippen molar-refractivity contribution in [1.82, 2.24) is 4.90 Å². The summed E-state index contributed by atoms with van der Waals surface area (Å²) in [5, 5.41) is 2.87. The number of hydrogen-bond acceptors (Lipinski definition) is 4. The second-order valence-electron chi connectivity index (χ2n) is 6.19. The second kappa shape index (κ2) is 9.75. The fourth-order valence-electron chi connectivity index (χ4n) is 2.95. The van der Waals surface area contributed by atoms with Gasteiger partial charge in [0.1, 0.15) is 6.04 Å². The Labute approximate surface area is 154 Å². The molecule has 2 amide bonds. The molecule has 0 saturated carbocycles. The third-order valence-electron chi connectivity index (χ3n) is 4.22. The molecule has 1 saturated heterocycles. The number of amides is 2. The maximum Gasteiger partial charge on any atom is 0.330 e. The van der Waals surface area contributed by atoms with Gasteiger partial charge in [0.05, 0.1) is 6.61 Å². The fraction of sp³-hybridized carbons (Fsp3) is 0.450. The summed E-state index contributed by atoms with van der Waals surface area (Å²) in [6.07, 6.45) is 5.83. The summed E-state index contributed by atoms with van der Waals surface area (Å²) in [7, 11) is 0. The first-order chi connectivity index (χ1) is 12.5. The van der Waals surface area contributed by atoms with E-state index < -0.39 is 6.04 Å². The van der Waals surface area contributed by atoms with Gasteiger partial charge in [0, 0.05) is 24.7 Å². The van der Waals surface area contributed by atoms with Crippen LogP contribution in [-0.2, 0) is 19.1 Å². The number of benzene rings is 1. The molecule has 26 heavy (non-hydrogen) atoms. The number of esters is 1. The van der Waals surface area contributed by atoms with Crippen LogP contribution < -0.4 is 5.32 Å². The summed E-state index contributed by atoms with van der Waals surface area (Å²) < 4.78 is 4.83. The monoisotopic (exact) mass is 358 g/mol. The third kappa shape index (κ3) is 5.44. The number of anilines is 1. The van der Waals surface area contributed by atoms with E-state index in [-0.39, 0.29) is 17.8 Å². The average Bonchev–Trinajstić information content (AvgIpc) is 3.12. The van der Waals surface area contributed by atoms with E-state index in [0.29, 0.717) is 31.7 Å². The van der Waals surface area contributed by atoms with E-state index in [4.69, 9.17) is 4.74 Å². The van der Waals surface area contributed by atoms with E-state index in [9.17, 15) is 14.4 Å². The summed E-state index contributed by atoms with van der Waals surface area (Å²) >= 11 is 0. The minimum Gasteiger partial charge on any atom is -0.463 e. The van der Waals surface area contributed by atoms with Crippen molar-refractivity contribution in [1.29, 1.82) is 0 Å². The van der Waals surface area contributed by atoms with Gasteiger partial charge in [0.2, 0.25) is 11.8 Å². The SMILES string of the molecule is CCCC(=O)N1CCCC1C(=O)Nc1ccc(/C=C/C(=O)OCC)cc1. The van der Waals surface area contributed by atoms with Gasteiger partial charge in [-0.3, -0.25) is 9.59 Å². The van der Waals surface area contributed by atoms with Gasteiger partial charge in [-0.05, 0) is 50.0 Å². The number of likely N-dealkylation sites (tertiary alicyclic amines) is 1. The van der Waals surface area contributed by atoms with E-state index in [2.05, 4.69) is 5.32 Å². The molecule has 1 N–H and O–H groups in total. The van der Waals surface area contributed by atoms with Crippen LogP contribution in [0.15, 0.2) is 30.3 Å².